The molecule has 0 saturated heterocycles. The fraction of sp³-hybridized carbons (Fsp3) is 1.00. The fourth-order valence-electron chi connectivity index (χ4n) is 1.76. The van der Waals surface area contributed by atoms with Crippen LogP contribution in [0.3, 0.4) is 0 Å². The Morgan fingerprint density at radius 3 is 2.15 bits per heavy atom. The minimum absolute atomic E-state index is 0.164. The van der Waals surface area contributed by atoms with Gasteiger partial charge in [0.15, 0.2) is 0 Å². The van der Waals surface area contributed by atoms with Crippen LogP contribution in [-0.4, -0.2) is 17.3 Å². The van der Waals surface area contributed by atoms with Gasteiger partial charge in [-0.15, -0.1) is 0 Å². The van der Waals surface area contributed by atoms with Gasteiger partial charge in [-0.05, 0) is 19.3 Å². The van der Waals surface area contributed by atoms with Gasteiger partial charge in [0.05, 0.1) is 5.60 Å². The van der Waals surface area contributed by atoms with Crippen molar-refractivity contribution in [2.24, 2.45) is 17.1 Å². The first-order chi connectivity index (χ1) is 5.89. The number of aliphatic hydroxyl groups is 1. The van der Waals surface area contributed by atoms with Crippen molar-refractivity contribution in [1.82, 2.24) is 0 Å². The summed E-state index contributed by atoms with van der Waals surface area (Å²) in [5.41, 5.74) is 4.90. The molecule has 1 saturated carbocycles. The van der Waals surface area contributed by atoms with Gasteiger partial charge in [-0.3, -0.25) is 0 Å². The van der Waals surface area contributed by atoms with E-state index in [9.17, 15) is 5.11 Å². The van der Waals surface area contributed by atoms with Crippen LogP contribution in [0.4, 0.5) is 0 Å². The summed E-state index contributed by atoms with van der Waals surface area (Å²) in [6.45, 7) is 6.57. The number of hydrogen-bond acceptors (Lipinski definition) is 2. The molecule has 0 bridgehead atoms. The first-order valence-corrected chi connectivity index (χ1v) is 5.31. The van der Waals surface area contributed by atoms with Crippen molar-refractivity contribution in [3.8, 4) is 0 Å². The third-order valence-electron chi connectivity index (χ3n) is 3.88. The average molecular weight is 185 g/mol. The van der Waals surface area contributed by atoms with Gasteiger partial charge in [0.2, 0.25) is 0 Å². The van der Waals surface area contributed by atoms with Gasteiger partial charge in [0.25, 0.3) is 0 Å². The number of nitrogens with two attached hydrogens (primary N) is 1. The lowest BCUT2D eigenvalue weighted by Crippen LogP contribution is -2.48. The minimum atomic E-state index is -0.604. The van der Waals surface area contributed by atoms with Crippen LogP contribution in [0, 0.1) is 11.3 Å². The Balaban J connectivity index is 2.52. The van der Waals surface area contributed by atoms with Crippen LogP contribution in [0.2, 0.25) is 0 Å². The number of hydrogen-bond donors (Lipinski definition) is 2. The average Bonchev–Trinajstić information content (AvgIpc) is 1.97. The van der Waals surface area contributed by atoms with E-state index in [1.807, 2.05) is 20.8 Å². The van der Waals surface area contributed by atoms with Crippen LogP contribution < -0.4 is 5.73 Å². The molecule has 78 valence electrons. The Labute approximate surface area is 81.5 Å². The van der Waals surface area contributed by atoms with Crippen LogP contribution in [0.5, 0.6) is 0 Å². The standard InChI is InChI=1S/C11H23NO/c1-10(2,8-12)11(3,13)7-9-5-4-6-9/h9,13H,4-8,12H2,1-3H3. The Morgan fingerprint density at radius 1 is 1.31 bits per heavy atom. The maximum atomic E-state index is 10.3. The van der Waals surface area contributed by atoms with E-state index in [0.717, 1.165) is 12.3 Å². The molecule has 1 fully saturated rings. The summed E-state index contributed by atoms with van der Waals surface area (Å²) in [4.78, 5) is 0. The van der Waals surface area contributed by atoms with Crippen LogP contribution in [0.25, 0.3) is 0 Å². The highest BCUT2D eigenvalue weighted by molar-refractivity contribution is 4.93. The number of rotatable bonds is 4. The molecule has 0 amide bonds. The lowest BCUT2D eigenvalue weighted by atomic mass is 9.68. The molecule has 0 radical (unpaired) electrons. The molecule has 13 heavy (non-hydrogen) atoms. The molecule has 0 aromatic carbocycles. The Bertz CT molecular complexity index is 171. The van der Waals surface area contributed by atoms with E-state index in [-0.39, 0.29) is 5.41 Å². The zero-order valence-corrected chi connectivity index (χ0v) is 9.14. The maximum absolute atomic E-state index is 10.3. The first-order valence-electron chi connectivity index (χ1n) is 5.31. The third kappa shape index (κ3) is 2.23. The molecule has 1 atom stereocenters. The van der Waals surface area contributed by atoms with E-state index < -0.39 is 5.60 Å². The molecule has 2 heteroatoms. The molecular formula is C11H23NO. The van der Waals surface area contributed by atoms with E-state index in [4.69, 9.17) is 5.73 Å². The molecule has 0 heterocycles. The van der Waals surface area contributed by atoms with Crippen molar-refractivity contribution in [1.29, 1.82) is 0 Å². The molecule has 0 spiro atoms. The van der Waals surface area contributed by atoms with E-state index in [0.29, 0.717) is 6.54 Å². The molecule has 0 aromatic rings. The molecule has 1 aliphatic rings. The predicted octanol–water partition coefficient (Wildman–Crippen LogP) is 1.91. The van der Waals surface area contributed by atoms with E-state index in [2.05, 4.69) is 0 Å². The zero-order valence-electron chi connectivity index (χ0n) is 9.14. The summed E-state index contributed by atoms with van der Waals surface area (Å²) in [7, 11) is 0. The molecule has 1 aliphatic carbocycles. The summed E-state index contributed by atoms with van der Waals surface area (Å²) in [5, 5.41) is 10.3. The molecule has 0 aliphatic heterocycles. The van der Waals surface area contributed by atoms with Crippen molar-refractivity contribution in [2.45, 2.75) is 52.1 Å². The molecule has 0 aromatic heterocycles. The smallest absolute Gasteiger partial charge is 0.0685 e. The minimum Gasteiger partial charge on any atom is -0.390 e. The summed E-state index contributed by atoms with van der Waals surface area (Å²) in [6.07, 6.45) is 4.83. The SMILES string of the molecule is CC(C)(CN)C(C)(O)CC1CCC1. The van der Waals surface area contributed by atoms with Gasteiger partial charge in [0, 0.05) is 12.0 Å². The molecule has 1 rings (SSSR count). The summed E-state index contributed by atoms with van der Waals surface area (Å²) < 4.78 is 0. The van der Waals surface area contributed by atoms with Crippen molar-refractivity contribution in [3.05, 3.63) is 0 Å². The predicted molar refractivity (Wildman–Crippen MR) is 55.4 cm³/mol. The van der Waals surface area contributed by atoms with Gasteiger partial charge < -0.3 is 10.8 Å². The quantitative estimate of drug-likeness (QED) is 0.703. The molecule has 1 unspecified atom stereocenters. The second-order valence-electron chi connectivity index (χ2n) is 5.36. The van der Waals surface area contributed by atoms with Gasteiger partial charge in [-0.1, -0.05) is 33.1 Å². The van der Waals surface area contributed by atoms with Crippen molar-refractivity contribution in [2.75, 3.05) is 6.54 Å². The molecule has 2 nitrogen and oxygen atoms in total. The second kappa shape index (κ2) is 3.58. The summed E-state index contributed by atoms with van der Waals surface area (Å²) >= 11 is 0. The summed E-state index contributed by atoms with van der Waals surface area (Å²) in [5.74, 6) is 0.737. The van der Waals surface area contributed by atoms with Crippen LogP contribution in [0.1, 0.15) is 46.5 Å². The zero-order chi connectivity index (χ0) is 10.1. The lowest BCUT2D eigenvalue weighted by Gasteiger charge is -2.43. The normalized spacial score (nSPS) is 23.8. The lowest BCUT2D eigenvalue weighted by molar-refractivity contribution is -0.0715. The highest BCUT2D eigenvalue weighted by atomic mass is 16.3. The van der Waals surface area contributed by atoms with Crippen LogP contribution >= 0.6 is 0 Å². The fourth-order valence-corrected chi connectivity index (χ4v) is 1.76. The second-order valence-corrected chi connectivity index (χ2v) is 5.36. The highest BCUT2D eigenvalue weighted by Crippen LogP contribution is 2.40. The van der Waals surface area contributed by atoms with E-state index >= 15 is 0 Å². The molecule has 3 N–H and O–H groups in total. The van der Waals surface area contributed by atoms with Gasteiger partial charge in [-0.25, -0.2) is 0 Å². The van der Waals surface area contributed by atoms with Gasteiger partial charge in [-0.2, -0.15) is 0 Å². The maximum Gasteiger partial charge on any atom is 0.0685 e. The van der Waals surface area contributed by atoms with E-state index in [1.54, 1.807) is 0 Å². The first kappa shape index (κ1) is 11.0. The van der Waals surface area contributed by atoms with E-state index in [1.165, 1.54) is 19.3 Å². The van der Waals surface area contributed by atoms with Crippen molar-refractivity contribution >= 4 is 0 Å². The topological polar surface area (TPSA) is 46.2 Å². The van der Waals surface area contributed by atoms with Crippen LogP contribution in [0.15, 0.2) is 0 Å². The van der Waals surface area contributed by atoms with Crippen molar-refractivity contribution < 1.29 is 5.11 Å². The third-order valence-corrected chi connectivity index (χ3v) is 3.88. The Hall–Kier alpha value is -0.0800. The van der Waals surface area contributed by atoms with Crippen LogP contribution in [-0.2, 0) is 0 Å². The van der Waals surface area contributed by atoms with Gasteiger partial charge in [0.1, 0.15) is 0 Å². The monoisotopic (exact) mass is 185 g/mol. The molecular weight excluding hydrogens is 162 g/mol. The largest absolute Gasteiger partial charge is 0.390 e. The Kier molecular flexibility index (Phi) is 3.03. The highest BCUT2D eigenvalue weighted by Gasteiger charge is 2.40. The van der Waals surface area contributed by atoms with Crippen molar-refractivity contribution in [3.63, 3.8) is 0 Å². The van der Waals surface area contributed by atoms with Gasteiger partial charge >= 0.3 is 0 Å². The summed E-state index contributed by atoms with van der Waals surface area (Å²) in [6, 6.07) is 0. The Morgan fingerprint density at radius 2 is 1.85 bits per heavy atom.